The lowest BCUT2D eigenvalue weighted by Gasteiger charge is -2.29. The summed E-state index contributed by atoms with van der Waals surface area (Å²) in [6, 6.07) is 13.9. The molecule has 0 fully saturated rings. The Labute approximate surface area is 139 Å². The first-order chi connectivity index (χ1) is 11.7. The van der Waals surface area contributed by atoms with E-state index in [2.05, 4.69) is 11.1 Å². The molecule has 0 N–H and O–H groups in total. The largest absolute Gasteiger partial charge is 0.478 e. The Morgan fingerprint density at radius 1 is 1.21 bits per heavy atom. The normalized spacial score (nSPS) is 12.7. The second kappa shape index (κ2) is 5.60. The average Bonchev–Trinajstić information content (AvgIpc) is 2.59. The van der Waals surface area contributed by atoms with Crippen LogP contribution in [0, 0.1) is 0 Å². The predicted octanol–water partition coefficient (Wildman–Crippen LogP) is 3.56. The fraction of sp³-hybridized carbons (Fsp3) is 0.211. The molecule has 0 spiro atoms. The van der Waals surface area contributed by atoms with Gasteiger partial charge in [-0.25, -0.2) is 4.98 Å². The van der Waals surface area contributed by atoms with Gasteiger partial charge in [-0.3, -0.25) is 9.69 Å². The van der Waals surface area contributed by atoms with Crippen LogP contribution in [0.15, 0.2) is 42.5 Å². The third kappa shape index (κ3) is 2.29. The highest BCUT2D eigenvalue weighted by Crippen LogP contribution is 2.39. The van der Waals surface area contributed by atoms with E-state index in [9.17, 15) is 4.79 Å². The van der Waals surface area contributed by atoms with Gasteiger partial charge >= 0.3 is 0 Å². The zero-order chi connectivity index (χ0) is 16.7. The van der Waals surface area contributed by atoms with Crippen molar-refractivity contribution in [3.63, 3.8) is 0 Å². The number of rotatable bonds is 2. The lowest BCUT2D eigenvalue weighted by molar-refractivity contribution is -0.116. The van der Waals surface area contributed by atoms with Crippen molar-refractivity contribution in [3.05, 3.63) is 48.0 Å². The topological polar surface area (TPSA) is 55.3 Å². The van der Waals surface area contributed by atoms with Crippen LogP contribution in [0.25, 0.3) is 22.2 Å². The lowest BCUT2D eigenvalue weighted by atomic mass is 9.99. The fourth-order valence-electron chi connectivity index (χ4n) is 3.07. The van der Waals surface area contributed by atoms with Gasteiger partial charge in [-0.1, -0.05) is 18.2 Å². The van der Waals surface area contributed by atoms with E-state index in [1.54, 1.807) is 11.8 Å². The molecule has 1 aromatic carbocycles. The SMILES string of the molecule is CCOc1ccc2c(n1)N(C(C)=O)Cc1cc3ccccc3nc1-2. The van der Waals surface area contributed by atoms with Gasteiger partial charge in [-0.05, 0) is 30.7 Å². The maximum Gasteiger partial charge on any atom is 0.225 e. The van der Waals surface area contributed by atoms with Gasteiger partial charge in [-0.15, -0.1) is 0 Å². The molecule has 3 aromatic rings. The Morgan fingerprint density at radius 2 is 2.04 bits per heavy atom. The van der Waals surface area contributed by atoms with Crippen molar-refractivity contribution in [2.45, 2.75) is 20.4 Å². The van der Waals surface area contributed by atoms with Crippen molar-refractivity contribution in [1.82, 2.24) is 9.97 Å². The summed E-state index contributed by atoms with van der Waals surface area (Å²) < 4.78 is 5.49. The predicted molar refractivity (Wildman–Crippen MR) is 93.0 cm³/mol. The number of benzene rings is 1. The second-order valence-electron chi connectivity index (χ2n) is 5.75. The number of para-hydroxylation sites is 1. The molecule has 0 saturated carbocycles. The molecule has 5 heteroatoms. The molecule has 0 radical (unpaired) electrons. The zero-order valence-electron chi connectivity index (χ0n) is 13.6. The number of amides is 1. The van der Waals surface area contributed by atoms with Gasteiger partial charge in [0.15, 0.2) is 0 Å². The zero-order valence-corrected chi connectivity index (χ0v) is 13.6. The van der Waals surface area contributed by atoms with Crippen LogP contribution < -0.4 is 9.64 Å². The van der Waals surface area contributed by atoms with Crippen LogP contribution in [0.5, 0.6) is 5.88 Å². The van der Waals surface area contributed by atoms with E-state index in [4.69, 9.17) is 9.72 Å². The molecule has 24 heavy (non-hydrogen) atoms. The van der Waals surface area contributed by atoms with Gasteiger partial charge in [0, 0.05) is 23.9 Å². The van der Waals surface area contributed by atoms with Gasteiger partial charge in [0.2, 0.25) is 11.8 Å². The summed E-state index contributed by atoms with van der Waals surface area (Å²) >= 11 is 0. The third-order valence-corrected chi connectivity index (χ3v) is 4.16. The molecule has 3 heterocycles. The molecule has 0 atom stereocenters. The van der Waals surface area contributed by atoms with E-state index in [0.29, 0.717) is 24.8 Å². The van der Waals surface area contributed by atoms with E-state index >= 15 is 0 Å². The molecule has 0 bridgehead atoms. The minimum atomic E-state index is -0.0452. The number of pyridine rings is 2. The van der Waals surface area contributed by atoms with Gasteiger partial charge in [0.05, 0.1) is 24.4 Å². The Hall–Kier alpha value is -2.95. The number of aromatic nitrogens is 2. The Balaban J connectivity index is 1.95. The first-order valence-electron chi connectivity index (χ1n) is 7.98. The molecule has 4 rings (SSSR count). The van der Waals surface area contributed by atoms with E-state index in [0.717, 1.165) is 27.7 Å². The van der Waals surface area contributed by atoms with Crippen LogP contribution in [-0.2, 0) is 11.3 Å². The summed E-state index contributed by atoms with van der Waals surface area (Å²) in [6.07, 6.45) is 0. The minimum absolute atomic E-state index is 0.0452. The molecular weight excluding hydrogens is 302 g/mol. The van der Waals surface area contributed by atoms with Crippen LogP contribution in [0.2, 0.25) is 0 Å². The molecule has 1 aliphatic heterocycles. The number of hydrogen-bond acceptors (Lipinski definition) is 4. The second-order valence-corrected chi connectivity index (χ2v) is 5.75. The van der Waals surface area contributed by atoms with E-state index in [1.807, 2.05) is 43.3 Å². The molecular formula is C19H17N3O2. The third-order valence-electron chi connectivity index (χ3n) is 4.16. The highest BCUT2D eigenvalue weighted by Gasteiger charge is 2.28. The van der Waals surface area contributed by atoms with Crippen molar-refractivity contribution in [1.29, 1.82) is 0 Å². The Kier molecular flexibility index (Phi) is 3.41. The van der Waals surface area contributed by atoms with Crippen LogP contribution in [0.3, 0.4) is 0 Å². The molecule has 1 aliphatic rings. The number of anilines is 1. The minimum Gasteiger partial charge on any atom is -0.478 e. The molecule has 5 nitrogen and oxygen atoms in total. The number of ether oxygens (including phenoxy) is 1. The molecule has 0 saturated heterocycles. The number of carbonyl (C=O) groups excluding carboxylic acids is 1. The van der Waals surface area contributed by atoms with Crippen LogP contribution >= 0.6 is 0 Å². The molecule has 2 aromatic heterocycles. The molecule has 0 unspecified atom stereocenters. The van der Waals surface area contributed by atoms with Gasteiger partial charge < -0.3 is 4.74 Å². The number of carbonyl (C=O) groups is 1. The van der Waals surface area contributed by atoms with Crippen LogP contribution in [-0.4, -0.2) is 22.5 Å². The van der Waals surface area contributed by atoms with Gasteiger partial charge in [0.1, 0.15) is 5.82 Å². The maximum absolute atomic E-state index is 12.1. The number of hydrogen-bond donors (Lipinski definition) is 0. The summed E-state index contributed by atoms with van der Waals surface area (Å²) in [5.74, 6) is 1.09. The number of fused-ring (bicyclic) bond motifs is 4. The highest BCUT2D eigenvalue weighted by atomic mass is 16.5. The van der Waals surface area contributed by atoms with Crippen LogP contribution in [0.4, 0.5) is 5.82 Å². The quantitative estimate of drug-likeness (QED) is 0.725. The smallest absolute Gasteiger partial charge is 0.225 e. The summed E-state index contributed by atoms with van der Waals surface area (Å²) in [5.41, 5.74) is 3.71. The maximum atomic E-state index is 12.1. The first-order valence-corrected chi connectivity index (χ1v) is 7.98. The molecule has 120 valence electrons. The summed E-state index contributed by atoms with van der Waals surface area (Å²) in [5, 5.41) is 1.07. The lowest BCUT2D eigenvalue weighted by Crippen LogP contribution is -2.32. The fourth-order valence-corrected chi connectivity index (χ4v) is 3.07. The Bertz CT molecular complexity index is 952. The van der Waals surface area contributed by atoms with E-state index < -0.39 is 0 Å². The van der Waals surface area contributed by atoms with E-state index in [1.165, 1.54) is 0 Å². The first kappa shape index (κ1) is 14.6. The standard InChI is InChI=1S/C19H17N3O2/c1-3-24-17-9-8-15-18-14(11-22(12(2)23)19(15)21-17)10-13-6-4-5-7-16(13)20-18/h4-10H,3,11H2,1-2H3. The highest BCUT2D eigenvalue weighted by molar-refractivity contribution is 5.98. The van der Waals surface area contributed by atoms with Gasteiger partial charge in [-0.2, -0.15) is 4.98 Å². The molecule has 0 aliphatic carbocycles. The van der Waals surface area contributed by atoms with E-state index in [-0.39, 0.29) is 5.91 Å². The summed E-state index contributed by atoms with van der Waals surface area (Å²) in [6.45, 7) is 4.47. The monoisotopic (exact) mass is 319 g/mol. The summed E-state index contributed by atoms with van der Waals surface area (Å²) in [7, 11) is 0. The summed E-state index contributed by atoms with van der Waals surface area (Å²) in [4.78, 5) is 23.1. The van der Waals surface area contributed by atoms with Crippen molar-refractivity contribution >= 4 is 22.6 Å². The van der Waals surface area contributed by atoms with Crippen LogP contribution in [0.1, 0.15) is 19.4 Å². The van der Waals surface area contributed by atoms with Crippen molar-refractivity contribution in [2.24, 2.45) is 0 Å². The number of nitrogens with zero attached hydrogens (tertiary/aromatic N) is 3. The Morgan fingerprint density at radius 3 is 2.83 bits per heavy atom. The van der Waals surface area contributed by atoms with Gasteiger partial charge in [0.25, 0.3) is 0 Å². The van der Waals surface area contributed by atoms with Crippen molar-refractivity contribution in [2.75, 3.05) is 11.5 Å². The van der Waals surface area contributed by atoms with Crippen molar-refractivity contribution < 1.29 is 9.53 Å². The molecule has 1 amide bonds. The average molecular weight is 319 g/mol. The van der Waals surface area contributed by atoms with Crippen molar-refractivity contribution in [3.8, 4) is 17.1 Å².